The van der Waals surface area contributed by atoms with Crippen molar-refractivity contribution < 1.29 is 8.42 Å². The highest BCUT2D eigenvalue weighted by atomic mass is 35.5. The minimum Gasteiger partial charge on any atom is -0.266 e. The molecular formula is C7H11Cl2N3O2S. The molecule has 0 aliphatic rings. The molecule has 1 heterocycles. The SMILES string of the molecule is O=S(=O)(c1ccn[nH]1)N(CCCl)CCCl. The fourth-order valence-electron chi connectivity index (χ4n) is 1.07. The molecule has 15 heavy (non-hydrogen) atoms. The van der Waals surface area contributed by atoms with Crippen LogP contribution in [-0.4, -0.2) is 47.8 Å². The van der Waals surface area contributed by atoms with Crippen molar-refractivity contribution in [3.8, 4) is 0 Å². The van der Waals surface area contributed by atoms with Crippen LogP contribution < -0.4 is 0 Å². The molecule has 0 aromatic carbocycles. The number of nitrogens with one attached hydrogen (secondary N) is 1. The molecule has 0 radical (unpaired) electrons. The molecule has 0 saturated heterocycles. The number of hydrogen-bond acceptors (Lipinski definition) is 3. The quantitative estimate of drug-likeness (QED) is 0.782. The Labute approximate surface area is 98.4 Å². The summed E-state index contributed by atoms with van der Waals surface area (Å²) in [6, 6.07) is 1.39. The van der Waals surface area contributed by atoms with Gasteiger partial charge in [-0.1, -0.05) is 0 Å². The van der Waals surface area contributed by atoms with E-state index in [0.29, 0.717) is 0 Å². The molecule has 0 spiro atoms. The first kappa shape index (κ1) is 12.8. The van der Waals surface area contributed by atoms with E-state index in [0.717, 1.165) is 0 Å². The van der Waals surface area contributed by atoms with Crippen molar-refractivity contribution in [3.05, 3.63) is 12.3 Å². The summed E-state index contributed by atoms with van der Waals surface area (Å²) in [6.45, 7) is 0.464. The number of rotatable bonds is 6. The summed E-state index contributed by atoms with van der Waals surface area (Å²) in [5.41, 5.74) is 0. The van der Waals surface area contributed by atoms with Gasteiger partial charge < -0.3 is 0 Å². The molecule has 0 aliphatic heterocycles. The number of nitrogens with zero attached hydrogens (tertiary/aromatic N) is 2. The van der Waals surface area contributed by atoms with Crippen molar-refractivity contribution in [2.75, 3.05) is 24.8 Å². The Hall–Kier alpha value is -0.300. The molecule has 0 aliphatic carbocycles. The van der Waals surface area contributed by atoms with E-state index in [9.17, 15) is 8.42 Å². The second-order valence-electron chi connectivity index (χ2n) is 2.70. The highest BCUT2D eigenvalue weighted by Gasteiger charge is 2.24. The minimum absolute atomic E-state index is 0.0535. The van der Waals surface area contributed by atoms with Crippen molar-refractivity contribution in [3.63, 3.8) is 0 Å². The van der Waals surface area contributed by atoms with E-state index in [2.05, 4.69) is 10.2 Å². The summed E-state index contributed by atoms with van der Waals surface area (Å²) < 4.78 is 25.0. The maximum atomic E-state index is 11.9. The van der Waals surface area contributed by atoms with Gasteiger partial charge in [-0.3, -0.25) is 5.10 Å². The molecule has 0 saturated carbocycles. The second kappa shape index (κ2) is 5.69. The number of aromatic nitrogens is 2. The van der Waals surface area contributed by atoms with Crippen LogP contribution in [0.2, 0.25) is 0 Å². The fourth-order valence-corrected chi connectivity index (χ4v) is 3.02. The summed E-state index contributed by atoms with van der Waals surface area (Å²) in [7, 11) is -3.54. The largest absolute Gasteiger partial charge is 0.266 e. The first-order valence-corrected chi connectivity index (χ1v) is 6.75. The Morgan fingerprint density at radius 3 is 2.33 bits per heavy atom. The number of H-pyrrole nitrogens is 1. The van der Waals surface area contributed by atoms with E-state index in [1.807, 2.05) is 0 Å². The van der Waals surface area contributed by atoms with E-state index in [-0.39, 0.29) is 29.9 Å². The molecule has 0 unspecified atom stereocenters. The van der Waals surface area contributed by atoms with Crippen molar-refractivity contribution in [2.24, 2.45) is 0 Å². The van der Waals surface area contributed by atoms with Crippen LogP contribution in [0.25, 0.3) is 0 Å². The van der Waals surface area contributed by atoms with Gasteiger partial charge in [0, 0.05) is 24.8 Å². The van der Waals surface area contributed by atoms with Gasteiger partial charge in [0.1, 0.15) is 0 Å². The van der Waals surface area contributed by atoms with E-state index >= 15 is 0 Å². The summed E-state index contributed by atoms with van der Waals surface area (Å²) in [4.78, 5) is 0. The zero-order valence-electron chi connectivity index (χ0n) is 7.86. The third-order valence-corrected chi connectivity index (χ3v) is 3.93. The Bertz CT molecular complexity index is 373. The maximum absolute atomic E-state index is 11.9. The van der Waals surface area contributed by atoms with Gasteiger partial charge in [0.15, 0.2) is 5.03 Å². The van der Waals surface area contributed by atoms with Crippen LogP contribution in [0, 0.1) is 0 Å². The average molecular weight is 272 g/mol. The molecule has 5 nitrogen and oxygen atoms in total. The van der Waals surface area contributed by atoms with Crippen LogP contribution in [0.3, 0.4) is 0 Å². The van der Waals surface area contributed by atoms with Gasteiger partial charge in [0.25, 0.3) is 10.0 Å². The molecule has 0 fully saturated rings. The van der Waals surface area contributed by atoms with Gasteiger partial charge in [0.05, 0.1) is 6.20 Å². The highest BCUT2D eigenvalue weighted by molar-refractivity contribution is 7.89. The van der Waals surface area contributed by atoms with Crippen LogP contribution in [0.1, 0.15) is 0 Å². The Kier molecular flexibility index (Phi) is 4.85. The molecule has 0 atom stereocenters. The van der Waals surface area contributed by atoms with Gasteiger partial charge in [-0.05, 0) is 6.07 Å². The molecule has 1 N–H and O–H groups in total. The molecular weight excluding hydrogens is 261 g/mol. The van der Waals surface area contributed by atoms with Gasteiger partial charge in [0.2, 0.25) is 0 Å². The zero-order valence-corrected chi connectivity index (χ0v) is 10.2. The van der Waals surface area contributed by atoms with Gasteiger partial charge in [-0.15, -0.1) is 23.2 Å². The molecule has 8 heteroatoms. The first-order valence-electron chi connectivity index (χ1n) is 4.24. The predicted octanol–water partition coefficient (Wildman–Crippen LogP) is 0.878. The van der Waals surface area contributed by atoms with E-state index in [1.54, 1.807) is 0 Å². The third kappa shape index (κ3) is 3.07. The molecule has 0 bridgehead atoms. The number of alkyl halides is 2. The van der Waals surface area contributed by atoms with Gasteiger partial charge in [-0.2, -0.15) is 9.40 Å². The second-order valence-corrected chi connectivity index (χ2v) is 5.37. The molecule has 86 valence electrons. The summed E-state index contributed by atoms with van der Waals surface area (Å²) in [5, 5.41) is 6.06. The zero-order chi connectivity index (χ0) is 11.3. The lowest BCUT2D eigenvalue weighted by atomic mass is 10.6. The lowest BCUT2D eigenvalue weighted by molar-refractivity contribution is 0.445. The van der Waals surface area contributed by atoms with Crippen molar-refractivity contribution in [2.45, 2.75) is 5.03 Å². The molecule has 1 rings (SSSR count). The summed E-state index contributed by atoms with van der Waals surface area (Å²) in [6.07, 6.45) is 1.38. The van der Waals surface area contributed by atoms with Crippen LogP contribution in [0.4, 0.5) is 0 Å². The third-order valence-electron chi connectivity index (χ3n) is 1.76. The number of aromatic amines is 1. The molecule has 1 aromatic heterocycles. The fraction of sp³-hybridized carbons (Fsp3) is 0.571. The van der Waals surface area contributed by atoms with Crippen LogP contribution in [0.5, 0.6) is 0 Å². The van der Waals surface area contributed by atoms with Crippen molar-refractivity contribution >= 4 is 33.2 Å². The van der Waals surface area contributed by atoms with E-state index in [1.165, 1.54) is 16.6 Å². The summed E-state index contributed by atoms with van der Waals surface area (Å²) >= 11 is 11.0. The average Bonchev–Trinajstić information content (AvgIpc) is 2.70. The summed E-state index contributed by atoms with van der Waals surface area (Å²) in [5.74, 6) is 0.453. The molecule has 1 aromatic rings. The van der Waals surface area contributed by atoms with Gasteiger partial charge in [-0.25, -0.2) is 8.42 Å². The standard InChI is InChI=1S/C7H11Cl2N3O2S/c8-2-5-12(6-3-9)15(13,14)7-1-4-10-11-7/h1,4H,2-3,5-6H2,(H,10,11). The van der Waals surface area contributed by atoms with Gasteiger partial charge >= 0.3 is 0 Å². The highest BCUT2D eigenvalue weighted by Crippen LogP contribution is 2.12. The maximum Gasteiger partial charge on any atom is 0.260 e. The Morgan fingerprint density at radius 1 is 1.33 bits per heavy atom. The van der Waals surface area contributed by atoms with Crippen LogP contribution in [0.15, 0.2) is 17.3 Å². The topological polar surface area (TPSA) is 66.1 Å². The molecule has 0 amide bonds. The lowest BCUT2D eigenvalue weighted by Gasteiger charge is -2.18. The van der Waals surface area contributed by atoms with Crippen molar-refractivity contribution in [1.29, 1.82) is 0 Å². The van der Waals surface area contributed by atoms with Crippen LogP contribution in [-0.2, 0) is 10.0 Å². The van der Waals surface area contributed by atoms with Crippen LogP contribution >= 0.6 is 23.2 Å². The lowest BCUT2D eigenvalue weighted by Crippen LogP contribution is -2.34. The first-order chi connectivity index (χ1) is 7.12. The number of hydrogen-bond donors (Lipinski definition) is 1. The monoisotopic (exact) mass is 271 g/mol. The van der Waals surface area contributed by atoms with E-state index in [4.69, 9.17) is 23.2 Å². The predicted molar refractivity (Wildman–Crippen MR) is 58.8 cm³/mol. The number of halogens is 2. The Morgan fingerprint density at radius 2 is 1.93 bits per heavy atom. The van der Waals surface area contributed by atoms with E-state index < -0.39 is 10.0 Å². The Balaban J connectivity index is 2.91. The number of sulfonamides is 1. The minimum atomic E-state index is -3.54. The normalized spacial score (nSPS) is 12.2. The van der Waals surface area contributed by atoms with Crippen molar-refractivity contribution in [1.82, 2.24) is 14.5 Å². The smallest absolute Gasteiger partial charge is 0.260 e.